The Morgan fingerprint density at radius 1 is 1.38 bits per heavy atom. The Bertz CT molecular complexity index is 220. The fourth-order valence-corrected chi connectivity index (χ4v) is 2.20. The monoisotopic (exact) mass is 227 g/mol. The number of nitrogens with zero attached hydrogens (tertiary/aromatic N) is 1. The highest BCUT2D eigenvalue weighted by Crippen LogP contribution is 2.21. The largest absolute Gasteiger partial charge is 0.393 e. The summed E-state index contributed by atoms with van der Waals surface area (Å²) in [7, 11) is 0. The molecule has 3 heteroatoms. The van der Waals surface area contributed by atoms with Crippen molar-refractivity contribution >= 4 is 5.91 Å². The van der Waals surface area contributed by atoms with E-state index in [0.29, 0.717) is 24.2 Å². The van der Waals surface area contributed by atoms with E-state index in [1.165, 1.54) is 0 Å². The second-order valence-electron chi connectivity index (χ2n) is 5.18. The van der Waals surface area contributed by atoms with E-state index >= 15 is 0 Å². The van der Waals surface area contributed by atoms with Gasteiger partial charge < -0.3 is 10.0 Å². The molecule has 1 N–H and O–H groups in total. The third kappa shape index (κ3) is 3.78. The molecule has 1 rings (SSSR count). The van der Waals surface area contributed by atoms with Gasteiger partial charge in [-0.3, -0.25) is 4.79 Å². The molecule has 0 aromatic rings. The maximum absolute atomic E-state index is 11.9. The first-order chi connectivity index (χ1) is 7.54. The summed E-state index contributed by atoms with van der Waals surface area (Å²) >= 11 is 0. The molecule has 2 atom stereocenters. The normalized spacial score (nSPS) is 21.9. The zero-order valence-corrected chi connectivity index (χ0v) is 10.8. The van der Waals surface area contributed by atoms with Crippen LogP contribution in [0.1, 0.15) is 46.5 Å². The van der Waals surface area contributed by atoms with Gasteiger partial charge in [-0.05, 0) is 31.6 Å². The Kier molecular flexibility index (Phi) is 5.26. The highest BCUT2D eigenvalue weighted by Gasteiger charge is 2.25. The number of carbonyl (C=O) groups excluding carboxylic acids is 1. The third-order valence-corrected chi connectivity index (χ3v) is 3.79. The quantitative estimate of drug-likeness (QED) is 0.798. The molecule has 3 nitrogen and oxygen atoms in total. The number of hydrogen-bond acceptors (Lipinski definition) is 2. The molecule has 1 heterocycles. The fourth-order valence-electron chi connectivity index (χ4n) is 2.20. The number of likely N-dealkylation sites (tertiary alicyclic amines) is 1. The lowest BCUT2D eigenvalue weighted by Gasteiger charge is -2.33. The van der Waals surface area contributed by atoms with Crippen LogP contribution < -0.4 is 0 Å². The van der Waals surface area contributed by atoms with Gasteiger partial charge >= 0.3 is 0 Å². The first kappa shape index (κ1) is 13.5. The smallest absolute Gasteiger partial charge is 0.222 e. The molecule has 0 aliphatic carbocycles. The Morgan fingerprint density at radius 2 is 1.94 bits per heavy atom. The molecule has 2 unspecified atom stereocenters. The summed E-state index contributed by atoms with van der Waals surface area (Å²) in [5.41, 5.74) is 0. The lowest BCUT2D eigenvalue weighted by molar-refractivity contribution is -0.134. The van der Waals surface area contributed by atoms with E-state index in [2.05, 4.69) is 13.8 Å². The SMILES string of the molecule is CCC(C)CC(=O)N1CCC(C(C)O)CC1. The second kappa shape index (κ2) is 6.24. The number of rotatable bonds is 4. The molecule has 0 bridgehead atoms. The molecule has 0 aromatic carbocycles. The van der Waals surface area contributed by atoms with Crippen LogP contribution >= 0.6 is 0 Å². The Balaban J connectivity index is 2.33. The molecule has 0 radical (unpaired) electrons. The van der Waals surface area contributed by atoms with Crippen molar-refractivity contribution in [3.63, 3.8) is 0 Å². The summed E-state index contributed by atoms with van der Waals surface area (Å²) in [4.78, 5) is 13.9. The Hall–Kier alpha value is -0.570. The zero-order chi connectivity index (χ0) is 12.1. The van der Waals surface area contributed by atoms with Crippen LogP contribution in [0.25, 0.3) is 0 Å². The topological polar surface area (TPSA) is 40.5 Å². The Labute approximate surface area is 98.8 Å². The number of piperidine rings is 1. The molecular formula is C13H25NO2. The van der Waals surface area contributed by atoms with Crippen LogP contribution in [0.15, 0.2) is 0 Å². The summed E-state index contributed by atoms with van der Waals surface area (Å²) in [5, 5.41) is 9.48. The lowest BCUT2D eigenvalue weighted by atomic mass is 9.91. The minimum absolute atomic E-state index is 0.230. The molecule has 1 fully saturated rings. The van der Waals surface area contributed by atoms with Crippen molar-refractivity contribution in [2.45, 2.75) is 52.6 Å². The minimum atomic E-state index is -0.230. The van der Waals surface area contributed by atoms with Gasteiger partial charge in [-0.15, -0.1) is 0 Å². The molecule has 0 saturated carbocycles. The number of aliphatic hydroxyl groups excluding tert-OH is 1. The van der Waals surface area contributed by atoms with Crippen molar-refractivity contribution in [2.75, 3.05) is 13.1 Å². The molecule has 1 aliphatic heterocycles. The van der Waals surface area contributed by atoms with Crippen molar-refractivity contribution in [1.29, 1.82) is 0 Å². The van der Waals surface area contributed by atoms with E-state index in [4.69, 9.17) is 0 Å². The summed E-state index contributed by atoms with van der Waals surface area (Å²) < 4.78 is 0. The van der Waals surface area contributed by atoms with Crippen molar-refractivity contribution in [3.8, 4) is 0 Å². The molecule has 0 spiro atoms. The fraction of sp³-hybridized carbons (Fsp3) is 0.923. The van der Waals surface area contributed by atoms with Crippen molar-refractivity contribution < 1.29 is 9.90 Å². The summed E-state index contributed by atoms with van der Waals surface area (Å²) in [5.74, 6) is 1.16. The van der Waals surface area contributed by atoms with Crippen LogP contribution in [-0.2, 0) is 4.79 Å². The summed E-state index contributed by atoms with van der Waals surface area (Å²) in [6, 6.07) is 0. The highest BCUT2D eigenvalue weighted by atomic mass is 16.3. The van der Waals surface area contributed by atoms with Crippen LogP contribution in [0.3, 0.4) is 0 Å². The highest BCUT2D eigenvalue weighted by molar-refractivity contribution is 5.76. The van der Waals surface area contributed by atoms with Crippen LogP contribution in [0.5, 0.6) is 0 Å². The molecular weight excluding hydrogens is 202 g/mol. The van der Waals surface area contributed by atoms with E-state index in [0.717, 1.165) is 32.4 Å². The van der Waals surface area contributed by atoms with Gasteiger partial charge in [0.1, 0.15) is 0 Å². The van der Waals surface area contributed by atoms with E-state index in [9.17, 15) is 9.90 Å². The predicted octanol–water partition coefficient (Wildman–Crippen LogP) is 2.04. The van der Waals surface area contributed by atoms with Gasteiger partial charge in [0.25, 0.3) is 0 Å². The average Bonchev–Trinajstić information content (AvgIpc) is 2.28. The van der Waals surface area contributed by atoms with Crippen LogP contribution in [0.4, 0.5) is 0 Å². The van der Waals surface area contributed by atoms with E-state index in [1.807, 2.05) is 11.8 Å². The third-order valence-electron chi connectivity index (χ3n) is 3.79. The van der Waals surface area contributed by atoms with E-state index < -0.39 is 0 Å². The summed E-state index contributed by atoms with van der Waals surface area (Å²) in [6.07, 6.45) is 3.41. The van der Waals surface area contributed by atoms with Crippen molar-refractivity contribution in [2.24, 2.45) is 11.8 Å². The average molecular weight is 227 g/mol. The molecule has 94 valence electrons. The van der Waals surface area contributed by atoms with E-state index in [-0.39, 0.29) is 6.10 Å². The van der Waals surface area contributed by atoms with Gasteiger partial charge in [0.2, 0.25) is 5.91 Å². The van der Waals surface area contributed by atoms with Gasteiger partial charge in [0.15, 0.2) is 0 Å². The molecule has 1 aliphatic rings. The van der Waals surface area contributed by atoms with Gasteiger partial charge in [-0.25, -0.2) is 0 Å². The van der Waals surface area contributed by atoms with Gasteiger partial charge in [-0.1, -0.05) is 20.3 Å². The summed E-state index contributed by atoms with van der Waals surface area (Å²) in [6.45, 7) is 7.75. The zero-order valence-electron chi connectivity index (χ0n) is 10.8. The van der Waals surface area contributed by atoms with Crippen LogP contribution in [0.2, 0.25) is 0 Å². The van der Waals surface area contributed by atoms with Crippen LogP contribution in [0, 0.1) is 11.8 Å². The van der Waals surface area contributed by atoms with Crippen molar-refractivity contribution in [3.05, 3.63) is 0 Å². The second-order valence-corrected chi connectivity index (χ2v) is 5.18. The van der Waals surface area contributed by atoms with Crippen molar-refractivity contribution in [1.82, 2.24) is 4.90 Å². The standard InChI is InChI=1S/C13H25NO2/c1-4-10(2)9-13(16)14-7-5-12(6-8-14)11(3)15/h10-12,15H,4-9H2,1-3H3. The Morgan fingerprint density at radius 3 is 2.38 bits per heavy atom. The van der Waals surface area contributed by atoms with Gasteiger partial charge in [-0.2, -0.15) is 0 Å². The molecule has 16 heavy (non-hydrogen) atoms. The predicted molar refractivity (Wildman–Crippen MR) is 65.1 cm³/mol. The number of aliphatic hydroxyl groups is 1. The van der Waals surface area contributed by atoms with Gasteiger partial charge in [0.05, 0.1) is 6.10 Å². The number of hydrogen-bond donors (Lipinski definition) is 1. The maximum atomic E-state index is 11.9. The first-order valence-corrected chi connectivity index (χ1v) is 6.50. The molecule has 0 aromatic heterocycles. The lowest BCUT2D eigenvalue weighted by Crippen LogP contribution is -2.41. The number of amides is 1. The van der Waals surface area contributed by atoms with Crippen LogP contribution in [-0.4, -0.2) is 35.1 Å². The molecule has 1 amide bonds. The number of carbonyl (C=O) groups is 1. The van der Waals surface area contributed by atoms with E-state index in [1.54, 1.807) is 0 Å². The van der Waals surface area contributed by atoms with Gasteiger partial charge in [0, 0.05) is 19.5 Å². The molecule has 1 saturated heterocycles. The first-order valence-electron chi connectivity index (χ1n) is 6.50. The minimum Gasteiger partial charge on any atom is -0.393 e. The maximum Gasteiger partial charge on any atom is 0.222 e.